The molecule has 0 bridgehead atoms. The van der Waals surface area contributed by atoms with Crippen LogP contribution in [0.1, 0.15) is 24.8 Å². The van der Waals surface area contributed by atoms with Crippen LogP contribution in [0, 0.1) is 0 Å². The molecule has 1 aliphatic rings. The van der Waals surface area contributed by atoms with Crippen molar-refractivity contribution in [2.24, 2.45) is 0 Å². The molecule has 0 N–H and O–H groups in total. The highest BCUT2D eigenvalue weighted by Gasteiger charge is 2.35. The Morgan fingerprint density at radius 1 is 1.03 bits per heavy atom. The summed E-state index contributed by atoms with van der Waals surface area (Å²) in [4.78, 5) is 29.9. The zero-order chi connectivity index (χ0) is 20.8. The van der Waals surface area contributed by atoms with E-state index in [-0.39, 0.29) is 11.7 Å². The topological polar surface area (TPSA) is 73.1 Å². The molecule has 0 spiro atoms. The third kappa shape index (κ3) is 4.51. The minimum Gasteiger partial charge on any atom is -0.490 e. The summed E-state index contributed by atoms with van der Waals surface area (Å²) in [6.07, 6.45) is 9.34. The average molecular weight is 405 g/mol. The number of rotatable bonds is 9. The maximum atomic E-state index is 12.4. The summed E-state index contributed by atoms with van der Waals surface area (Å²) in [6.45, 7) is 0.786. The Hall–Kier alpha value is -3.61. The van der Waals surface area contributed by atoms with Gasteiger partial charge in [0.1, 0.15) is 0 Å². The summed E-state index contributed by atoms with van der Waals surface area (Å²) in [5.74, 6) is 0.470. The minimum absolute atomic E-state index is 0.123. The maximum Gasteiger partial charge on any atom is 0.422 e. The molecule has 0 aliphatic carbocycles. The smallest absolute Gasteiger partial charge is 0.422 e. The van der Waals surface area contributed by atoms with Gasteiger partial charge in [0.2, 0.25) is 0 Å². The van der Waals surface area contributed by atoms with Crippen LogP contribution in [-0.2, 0) is 16.0 Å². The standard InChI is InChI=1S/C23H23N3O4/c27-22-20(11-6-10-18-8-2-1-3-9-18)30-23(28)26(22)15-4-5-17-29-19-12-7-14-25-16-13-24-21(19)25/h1-3,7-9,11-14,16H,4-6,10,15,17H2. The summed E-state index contributed by atoms with van der Waals surface area (Å²) in [5, 5.41) is 0. The van der Waals surface area contributed by atoms with Crippen LogP contribution >= 0.6 is 0 Å². The van der Waals surface area contributed by atoms with Crippen molar-refractivity contribution >= 4 is 17.6 Å². The third-order valence-electron chi connectivity index (χ3n) is 4.90. The van der Waals surface area contributed by atoms with E-state index < -0.39 is 6.09 Å². The van der Waals surface area contributed by atoms with Crippen molar-refractivity contribution in [2.75, 3.05) is 13.2 Å². The van der Waals surface area contributed by atoms with E-state index in [0.717, 1.165) is 17.0 Å². The number of nitrogens with zero attached hydrogens (tertiary/aromatic N) is 3. The predicted molar refractivity (Wildman–Crippen MR) is 111 cm³/mol. The van der Waals surface area contributed by atoms with Crippen molar-refractivity contribution in [3.8, 4) is 5.75 Å². The molecule has 2 amide bonds. The van der Waals surface area contributed by atoms with Crippen molar-refractivity contribution in [1.29, 1.82) is 0 Å². The predicted octanol–water partition coefficient (Wildman–Crippen LogP) is 3.99. The first-order chi connectivity index (χ1) is 14.7. The second-order valence-electron chi connectivity index (χ2n) is 7.00. The number of carbonyl (C=O) groups is 2. The van der Waals surface area contributed by atoms with Crippen molar-refractivity contribution in [3.63, 3.8) is 0 Å². The van der Waals surface area contributed by atoms with E-state index in [0.29, 0.717) is 38.2 Å². The molecule has 2 aromatic heterocycles. The fourth-order valence-corrected chi connectivity index (χ4v) is 3.33. The van der Waals surface area contributed by atoms with Crippen LogP contribution < -0.4 is 4.74 Å². The molecule has 1 saturated heterocycles. The van der Waals surface area contributed by atoms with E-state index in [1.54, 1.807) is 12.3 Å². The van der Waals surface area contributed by atoms with Crippen LogP contribution in [0.4, 0.5) is 4.79 Å². The lowest BCUT2D eigenvalue weighted by molar-refractivity contribution is -0.123. The van der Waals surface area contributed by atoms with Crippen LogP contribution in [0.25, 0.3) is 5.65 Å². The fourth-order valence-electron chi connectivity index (χ4n) is 3.33. The third-order valence-corrected chi connectivity index (χ3v) is 4.90. The molecule has 0 saturated carbocycles. The van der Waals surface area contributed by atoms with Gasteiger partial charge in [0.25, 0.3) is 5.91 Å². The number of hydrogen-bond donors (Lipinski definition) is 0. The molecule has 4 rings (SSSR count). The summed E-state index contributed by atoms with van der Waals surface area (Å²) < 4.78 is 12.8. The molecule has 1 fully saturated rings. The number of imide groups is 1. The van der Waals surface area contributed by atoms with E-state index in [2.05, 4.69) is 4.98 Å². The summed E-state index contributed by atoms with van der Waals surface area (Å²) >= 11 is 0. The molecule has 154 valence electrons. The van der Waals surface area contributed by atoms with Gasteiger partial charge in [-0.3, -0.25) is 4.79 Å². The first-order valence-electron chi connectivity index (χ1n) is 10.0. The Morgan fingerprint density at radius 3 is 2.77 bits per heavy atom. The molecular weight excluding hydrogens is 382 g/mol. The normalized spacial score (nSPS) is 15.2. The number of benzene rings is 1. The Morgan fingerprint density at radius 2 is 1.90 bits per heavy atom. The number of allylic oxidation sites excluding steroid dienone is 1. The number of carbonyl (C=O) groups excluding carboxylic acids is 2. The second-order valence-corrected chi connectivity index (χ2v) is 7.00. The monoisotopic (exact) mass is 405 g/mol. The molecule has 30 heavy (non-hydrogen) atoms. The summed E-state index contributed by atoms with van der Waals surface area (Å²) in [6, 6.07) is 13.7. The Balaban J connectivity index is 1.22. The van der Waals surface area contributed by atoms with Gasteiger partial charge in [0, 0.05) is 25.1 Å². The lowest BCUT2D eigenvalue weighted by Crippen LogP contribution is -2.30. The Bertz CT molecular complexity index is 1060. The molecular formula is C23H23N3O4. The molecule has 7 nitrogen and oxygen atoms in total. The second kappa shape index (κ2) is 9.26. The quantitative estimate of drug-likeness (QED) is 0.398. The van der Waals surface area contributed by atoms with E-state index in [9.17, 15) is 9.59 Å². The van der Waals surface area contributed by atoms with Gasteiger partial charge in [-0.25, -0.2) is 14.7 Å². The molecule has 0 atom stereocenters. The number of aryl methyl sites for hydroxylation is 1. The van der Waals surface area contributed by atoms with Gasteiger partial charge in [0.05, 0.1) is 6.61 Å². The molecule has 1 aromatic carbocycles. The SMILES string of the molecule is O=C1OC(=CCCc2ccccc2)C(=O)N1CCCCOc1cccn2ccnc12. The van der Waals surface area contributed by atoms with Gasteiger partial charge >= 0.3 is 6.09 Å². The molecule has 3 aromatic rings. The van der Waals surface area contributed by atoms with E-state index in [4.69, 9.17) is 9.47 Å². The number of cyclic esters (lactones) is 1. The van der Waals surface area contributed by atoms with Gasteiger partial charge in [-0.2, -0.15) is 0 Å². The average Bonchev–Trinajstić information content (AvgIpc) is 3.34. The van der Waals surface area contributed by atoms with Crippen molar-refractivity contribution in [1.82, 2.24) is 14.3 Å². The molecule has 1 aliphatic heterocycles. The first-order valence-corrected chi connectivity index (χ1v) is 10.0. The number of hydrogen-bond acceptors (Lipinski definition) is 5. The zero-order valence-corrected chi connectivity index (χ0v) is 16.6. The van der Waals surface area contributed by atoms with Gasteiger partial charge in [-0.1, -0.05) is 30.3 Å². The first kappa shape index (κ1) is 19.7. The number of ether oxygens (including phenoxy) is 2. The summed E-state index contributed by atoms with van der Waals surface area (Å²) in [5.41, 5.74) is 1.94. The molecule has 3 heterocycles. The van der Waals surface area contributed by atoms with Gasteiger partial charge < -0.3 is 13.9 Å². The van der Waals surface area contributed by atoms with Crippen LogP contribution in [-0.4, -0.2) is 39.4 Å². The van der Waals surface area contributed by atoms with Crippen LogP contribution in [0.5, 0.6) is 5.75 Å². The molecule has 0 radical (unpaired) electrons. The van der Waals surface area contributed by atoms with Gasteiger partial charge in [-0.05, 0) is 49.5 Å². The highest BCUT2D eigenvalue weighted by atomic mass is 16.6. The Labute approximate surface area is 174 Å². The Kier molecular flexibility index (Phi) is 6.08. The number of fused-ring (bicyclic) bond motifs is 1. The highest BCUT2D eigenvalue weighted by molar-refractivity contribution is 6.07. The largest absolute Gasteiger partial charge is 0.490 e. The number of unbranched alkanes of at least 4 members (excludes halogenated alkanes) is 1. The molecule has 0 unspecified atom stereocenters. The minimum atomic E-state index is -0.603. The summed E-state index contributed by atoms with van der Waals surface area (Å²) in [7, 11) is 0. The number of aromatic nitrogens is 2. The van der Waals surface area contributed by atoms with E-state index in [1.165, 1.54) is 5.56 Å². The van der Waals surface area contributed by atoms with Crippen molar-refractivity contribution in [3.05, 3.63) is 78.5 Å². The number of amides is 2. The van der Waals surface area contributed by atoms with E-state index in [1.807, 2.05) is 59.3 Å². The maximum absolute atomic E-state index is 12.4. The van der Waals surface area contributed by atoms with Crippen LogP contribution in [0.3, 0.4) is 0 Å². The van der Waals surface area contributed by atoms with Gasteiger partial charge in [-0.15, -0.1) is 0 Å². The van der Waals surface area contributed by atoms with Crippen LogP contribution in [0.15, 0.2) is 72.9 Å². The molecule has 7 heteroatoms. The van der Waals surface area contributed by atoms with E-state index >= 15 is 0 Å². The fraction of sp³-hybridized carbons (Fsp3) is 0.261. The lowest BCUT2D eigenvalue weighted by atomic mass is 10.1. The van der Waals surface area contributed by atoms with Gasteiger partial charge in [0.15, 0.2) is 17.2 Å². The highest BCUT2D eigenvalue weighted by Crippen LogP contribution is 2.20. The zero-order valence-electron chi connectivity index (χ0n) is 16.6. The van der Waals surface area contributed by atoms with Crippen molar-refractivity contribution in [2.45, 2.75) is 25.7 Å². The van der Waals surface area contributed by atoms with Crippen molar-refractivity contribution < 1.29 is 19.1 Å². The number of imidazole rings is 1. The lowest BCUT2D eigenvalue weighted by Gasteiger charge is -2.11. The van der Waals surface area contributed by atoms with Crippen LogP contribution in [0.2, 0.25) is 0 Å². The number of pyridine rings is 1.